The highest BCUT2D eigenvalue weighted by molar-refractivity contribution is 6.07. The Morgan fingerprint density at radius 1 is 1.38 bits per heavy atom. The Morgan fingerprint density at radius 3 is 2.97 bits per heavy atom. The van der Waals surface area contributed by atoms with Gasteiger partial charge in [0.1, 0.15) is 23.7 Å². The molecule has 3 N–H and O–H groups in total. The Hall–Kier alpha value is -3.10. The van der Waals surface area contributed by atoms with Crippen molar-refractivity contribution in [2.45, 2.75) is 25.5 Å². The van der Waals surface area contributed by atoms with Gasteiger partial charge in [-0.05, 0) is 43.7 Å². The maximum absolute atomic E-state index is 13.0. The largest absolute Gasteiger partial charge is 0.489 e. The average Bonchev–Trinajstić information content (AvgIpc) is 3.31. The lowest BCUT2D eigenvalue weighted by molar-refractivity contribution is 0.0789. The number of carbonyl (C=O) groups is 1. The van der Waals surface area contributed by atoms with Gasteiger partial charge in [-0.15, -0.1) is 0 Å². The number of nitrogens with one attached hydrogen (secondary N) is 2. The quantitative estimate of drug-likeness (QED) is 0.584. The lowest BCUT2D eigenvalue weighted by Gasteiger charge is -2.26. The van der Waals surface area contributed by atoms with Crippen LogP contribution in [0.5, 0.6) is 5.75 Å². The van der Waals surface area contributed by atoms with Gasteiger partial charge in [-0.3, -0.25) is 9.59 Å². The molecule has 1 atom stereocenters. The normalized spacial score (nSPS) is 18.8. The Kier molecular flexibility index (Phi) is 5.12. The molecule has 0 radical (unpaired) electrons. The van der Waals surface area contributed by atoms with Gasteiger partial charge in [-0.1, -0.05) is 0 Å². The number of amides is 1. The van der Waals surface area contributed by atoms with E-state index in [1.165, 1.54) is 0 Å². The highest BCUT2D eigenvalue weighted by Gasteiger charge is 2.37. The second-order valence-corrected chi connectivity index (χ2v) is 7.20. The van der Waals surface area contributed by atoms with Gasteiger partial charge in [0.2, 0.25) is 0 Å². The van der Waals surface area contributed by atoms with Gasteiger partial charge in [0.25, 0.3) is 11.5 Å². The first-order chi connectivity index (χ1) is 14.0. The molecule has 1 amide bonds. The molecule has 1 aliphatic rings. The summed E-state index contributed by atoms with van der Waals surface area (Å²) in [5.41, 5.74) is 0.456. The third kappa shape index (κ3) is 3.76. The van der Waals surface area contributed by atoms with Crippen molar-refractivity contribution in [3.8, 4) is 5.75 Å². The molecule has 1 aliphatic heterocycles. The van der Waals surface area contributed by atoms with Gasteiger partial charge >= 0.3 is 0 Å². The topological polar surface area (TPSA) is 114 Å². The first-order valence-corrected chi connectivity index (χ1v) is 9.35. The van der Waals surface area contributed by atoms with Crippen molar-refractivity contribution >= 4 is 16.9 Å². The average molecular weight is 398 g/mol. The van der Waals surface area contributed by atoms with Crippen molar-refractivity contribution in [1.82, 2.24) is 10.3 Å². The smallest absolute Gasteiger partial charge is 0.256 e. The van der Waals surface area contributed by atoms with Crippen LogP contribution in [0.3, 0.4) is 0 Å². The number of furan rings is 1. The highest BCUT2D eigenvalue weighted by Crippen LogP contribution is 2.30. The van der Waals surface area contributed by atoms with E-state index < -0.39 is 5.54 Å². The molecule has 1 saturated heterocycles. The molecule has 1 unspecified atom stereocenters. The predicted molar refractivity (Wildman–Crippen MR) is 105 cm³/mol. The van der Waals surface area contributed by atoms with Crippen LogP contribution in [0.15, 0.2) is 45.7 Å². The van der Waals surface area contributed by atoms with E-state index in [1.54, 1.807) is 43.5 Å². The van der Waals surface area contributed by atoms with Gasteiger partial charge in [0, 0.05) is 18.2 Å². The highest BCUT2D eigenvalue weighted by atomic mass is 16.5. The van der Waals surface area contributed by atoms with E-state index in [0.717, 1.165) is 0 Å². The number of aromatic amines is 1. The van der Waals surface area contributed by atoms with Crippen molar-refractivity contribution in [1.29, 1.82) is 0 Å². The van der Waals surface area contributed by atoms with Gasteiger partial charge in [0.05, 0.1) is 29.9 Å². The molecule has 0 spiro atoms. The van der Waals surface area contributed by atoms with E-state index in [0.29, 0.717) is 46.6 Å². The number of fused-ring (bicyclic) bond motifs is 1. The Labute approximate surface area is 166 Å². The number of carbonyl (C=O) groups excluding carboxylic acids is 1. The molecule has 1 fully saturated rings. The molecule has 8 heteroatoms. The number of ether oxygens (including phenoxy) is 2. The van der Waals surface area contributed by atoms with Crippen molar-refractivity contribution in [2.75, 3.05) is 19.8 Å². The van der Waals surface area contributed by atoms with E-state index in [4.69, 9.17) is 13.9 Å². The summed E-state index contributed by atoms with van der Waals surface area (Å²) in [6, 6.07) is 8.59. The van der Waals surface area contributed by atoms with Crippen LogP contribution in [0, 0.1) is 6.92 Å². The fourth-order valence-electron chi connectivity index (χ4n) is 3.48. The van der Waals surface area contributed by atoms with Crippen LogP contribution < -0.4 is 15.6 Å². The summed E-state index contributed by atoms with van der Waals surface area (Å²) in [7, 11) is 0. The number of rotatable bonds is 6. The molecule has 152 valence electrons. The van der Waals surface area contributed by atoms with Crippen molar-refractivity contribution in [3.63, 3.8) is 0 Å². The predicted octanol–water partition coefficient (Wildman–Crippen LogP) is 1.89. The Bertz CT molecular complexity index is 1090. The van der Waals surface area contributed by atoms with Crippen molar-refractivity contribution in [2.24, 2.45) is 0 Å². The molecule has 4 rings (SSSR count). The van der Waals surface area contributed by atoms with Crippen LogP contribution in [0.2, 0.25) is 0 Å². The molecule has 1 aromatic carbocycles. The van der Waals surface area contributed by atoms with Gasteiger partial charge in [-0.2, -0.15) is 0 Å². The van der Waals surface area contributed by atoms with Crippen molar-refractivity contribution < 1.29 is 23.8 Å². The van der Waals surface area contributed by atoms with Crippen LogP contribution in [-0.2, 0) is 11.3 Å². The van der Waals surface area contributed by atoms with Crippen LogP contribution in [0.4, 0.5) is 0 Å². The summed E-state index contributed by atoms with van der Waals surface area (Å²) in [5.74, 6) is 0.648. The monoisotopic (exact) mass is 398 g/mol. The lowest BCUT2D eigenvalue weighted by Crippen LogP contribution is -2.52. The van der Waals surface area contributed by atoms with E-state index in [-0.39, 0.29) is 31.3 Å². The maximum Gasteiger partial charge on any atom is 0.256 e. The second-order valence-electron chi connectivity index (χ2n) is 7.20. The van der Waals surface area contributed by atoms with Crippen LogP contribution >= 0.6 is 0 Å². The van der Waals surface area contributed by atoms with E-state index in [1.807, 2.05) is 0 Å². The summed E-state index contributed by atoms with van der Waals surface area (Å²) >= 11 is 0. The maximum atomic E-state index is 13.0. The summed E-state index contributed by atoms with van der Waals surface area (Å²) in [6.07, 6.45) is 2.11. The molecule has 3 aromatic rings. The molecule has 2 aromatic heterocycles. The van der Waals surface area contributed by atoms with Gasteiger partial charge < -0.3 is 29.3 Å². The minimum Gasteiger partial charge on any atom is -0.489 e. The number of hydrogen-bond donors (Lipinski definition) is 3. The fourth-order valence-corrected chi connectivity index (χ4v) is 3.48. The number of aryl methyl sites for hydroxylation is 1. The molecule has 0 aliphatic carbocycles. The third-order valence-corrected chi connectivity index (χ3v) is 5.14. The van der Waals surface area contributed by atoms with E-state index >= 15 is 0 Å². The summed E-state index contributed by atoms with van der Waals surface area (Å²) in [5, 5.41) is 13.2. The molecule has 29 heavy (non-hydrogen) atoms. The molecule has 0 saturated carbocycles. The molecule has 3 heterocycles. The second kappa shape index (κ2) is 7.73. The number of aliphatic hydroxyl groups is 1. The van der Waals surface area contributed by atoms with Gasteiger partial charge in [-0.25, -0.2) is 0 Å². The molecular weight excluding hydrogens is 376 g/mol. The van der Waals surface area contributed by atoms with E-state index in [2.05, 4.69) is 10.3 Å². The Balaban J connectivity index is 1.60. The van der Waals surface area contributed by atoms with Crippen LogP contribution in [0.25, 0.3) is 11.0 Å². The summed E-state index contributed by atoms with van der Waals surface area (Å²) < 4.78 is 16.8. The fraction of sp³-hybridized carbons (Fsp3) is 0.333. The minimum absolute atomic E-state index is 0.102. The summed E-state index contributed by atoms with van der Waals surface area (Å²) in [4.78, 5) is 27.4. The van der Waals surface area contributed by atoms with Crippen LogP contribution in [-0.4, -0.2) is 41.4 Å². The molecular formula is C21H22N2O6. The van der Waals surface area contributed by atoms with Crippen LogP contribution in [0.1, 0.15) is 28.1 Å². The number of benzene rings is 1. The number of aliphatic hydroxyl groups excluding tert-OH is 1. The van der Waals surface area contributed by atoms with E-state index in [9.17, 15) is 14.7 Å². The standard InChI is InChI=1S/C21H22N2O6/c1-13-18(20(26)23-21(11-24)6-8-27-12-21)16-9-15(4-5-17(16)29-13)28-10-14-3-2-7-22-19(14)25/h2-5,7,9,24H,6,8,10-12H2,1H3,(H,22,25)(H,23,26). The third-order valence-electron chi connectivity index (χ3n) is 5.14. The number of hydrogen-bond acceptors (Lipinski definition) is 6. The zero-order valence-corrected chi connectivity index (χ0v) is 16.0. The molecule has 8 nitrogen and oxygen atoms in total. The van der Waals surface area contributed by atoms with Crippen molar-refractivity contribution in [3.05, 3.63) is 63.8 Å². The SMILES string of the molecule is Cc1oc2ccc(OCc3ccc[nH]c3=O)cc2c1C(=O)NC1(CO)CCOC1. The lowest BCUT2D eigenvalue weighted by atomic mass is 9.99. The number of H-pyrrole nitrogens is 1. The first-order valence-electron chi connectivity index (χ1n) is 9.35. The summed E-state index contributed by atoms with van der Waals surface area (Å²) in [6.45, 7) is 2.38. The number of pyridine rings is 1. The number of aromatic nitrogens is 1. The minimum atomic E-state index is -0.782. The zero-order chi connectivity index (χ0) is 20.4. The molecule has 0 bridgehead atoms. The first kappa shape index (κ1) is 19.2. The zero-order valence-electron chi connectivity index (χ0n) is 16.0. The van der Waals surface area contributed by atoms with Gasteiger partial charge in [0.15, 0.2) is 0 Å². The Morgan fingerprint density at radius 2 is 2.24 bits per heavy atom.